The Kier molecular flexibility index (Phi) is 7.51. The molecule has 4 rings (SSSR count). The predicted molar refractivity (Wildman–Crippen MR) is 128 cm³/mol. The predicted octanol–water partition coefficient (Wildman–Crippen LogP) is 3.81. The van der Waals surface area contributed by atoms with Crippen LogP contribution in [0.5, 0.6) is 0 Å². The van der Waals surface area contributed by atoms with E-state index in [1.807, 2.05) is 0 Å². The number of benzene rings is 2. The second kappa shape index (κ2) is 10.8. The molecule has 1 fully saturated rings. The number of hydrogen-bond acceptors (Lipinski definition) is 7. The van der Waals surface area contributed by atoms with Gasteiger partial charge in [-0.2, -0.15) is 0 Å². The molecule has 36 heavy (non-hydrogen) atoms. The van der Waals surface area contributed by atoms with E-state index in [-0.39, 0.29) is 42.3 Å². The SMILES string of the molecule is CCOC(=O)c1ncoc1-c1ccc(NC(=O)C2CC(O)CN2C(=O)N(Cl)c2ccccc2)c(F)c1. The molecule has 1 aliphatic heterocycles. The molecule has 1 saturated heterocycles. The zero-order valence-corrected chi connectivity index (χ0v) is 19.8. The number of nitrogens with one attached hydrogen (secondary N) is 1. The van der Waals surface area contributed by atoms with Crippen molar-refractivity contribution in [2.24, 2.45) is 0 Å². The number of aliphatic hydroxyl groups excluding tert-OH is 1. The van der Waals surface area contributed by atoms with Crippen LogP contribution >= 0.6 is 11.8 Å². The number of β-amino-alcohol motifs (C(OH)–C–C–N with tert-alkyl or cyclic N) is 1. The van der Waals surface area contributed by atoms with Crippen LogP contribution in [0.1, 0.15) is 23.8 Å². The smallest absolute Gasteiger partial charge is 0.360 e. The van der Waals surface area contributed by atoms with Crippen molar-refractivity contribution in [3.63, 3.8) is 0 Å². The fraction of sp³-hybridized carbons (Fsp3) is 0.250. The van der Waals surface area contributed by atoms with Crippen LogP contribution in [0.2, 0.25) is 0 Å². The molecular weight excluding hydrogens is 495 g/mol. The zero-order valence-electron chi connectivity index (χ0n) is 19.1. The van der Waals surface area contributed by atoms with Crippen LogP contribution in [0.3, 0.4) is 0 Å². The maximum atomic E-state index is 14.9. The van der Waals surface area contributed by atoms with E-state index in [0.29, 0.717) is 5.69 Å². The van der Waals surface area contributed by atoms with Crippen molar-refractivity contribution in [2.45, 2.75) is 25.5 Å². The summed E-state index contributed by atoms with van der Waals surface area (Å²) in [4.78, 5) is 42.9. The molecule has 10 nitrogen and oxygen atoms in total. The summed E-state index contributed by atoms with van der Waals surface area (Å²) >= 11 is 6.18. The molecule has 0 saturated carbocycles. The van der Waals surface area contributed by atoms with Crippen LogP contribution in [0.15, 0.2) is 59.3 Å². The highest BCUT2D eigenvalue weighted by molar-refractivity contribution is 6.36. The van der Waals surface area contributed by atoms with E-state index in [4.69, 9.17) is 20.9 Å². The normalized spacial score (nSPS) is 17.1. The summed E-state index contributed by atoms with van der Waals surface area (Å²) < 4.78 is 25.9. The van der Waals surface area contributed by atoms with E-state index in [0.717, 1.165) is 21.8 Å². The van der Waals surface area contributed by atoms with Crippen LogP contribution in [-0.2, 0) is 9.53 Å². The summed E-state index contributed by atoms with van der Waals surface area (Å²) in [7, 11) is 0. The topological polar surface area (TPSA) is 125 Å². The fourth-order valence-electron chi connectivity index (χ4n) is 3.83. The molecule has 12 heteroatoms. The van der Waals surface area contributed by atoms with E-state index in [1.54, 1.807) is 37.3 Å². The maximum absolute atomic E-state index is 14.9. The summed E-state index contributed by atoms with van der Waals surface area (Å²) in [5, 5.41) is 12.6. The summed E-state index contributed by atoms with van der Waals surface area (Å²) in [6, 6.07) is 10.4. The van der Waals surface area contributed by atoms with Crippen LogP contribution in [-0.4, -0.2) is 58.2 Å². The third-order valence-corrected chi connectivity index (χ3v) is 5.84. The first kappa shape index (κ1) is 25.1. The maximum Gasteiger partial charge on any atom is 0.360 e. The Morgan fingerprint density at radius 1 is 1.28 bits per heavy atom. The molecule has 2 atom stereocenters. The number of halogens is 2. The molecule has 0 bridgehead atoms. The van der Waals surface area contributed by atoms with Gasteiger partial charge in [-0.1, -0.05) is 18.2 Å². The molecule has 3 amide bonds. The highest BCUT2D eigenvalue weighted by Crippen LogP contribution is 2.29. The van der Waals surface area contributed by atoms with Crippen molar-refractivity contribution in [3.05, 3.63) is 66.4 Å². The lowest BCUT2D eigenvalue weighted by atomic mass is 10.1. The molecule has 2 heterocycles. The second-order valence-corrected chi connectivity index (χ2v) is 8.23. The Morgan fingerprint density at radius 2 is 2.03 bits per heavy atom. The third-order valence-electron chi connectivity index (χ3n) is 5.50. The van der Waals surface area contributed by atoms with Crippen LogP contribution in [0.25, 0.3) is 11.3 Å². The van der Waals surface area contributed by atoms with Crippen molar-refractivity contribution in [2.75, 3.05) is 22.9 Å². The number of ether oxygens (including phenoxy) is 1. The number of oxazole rings is 1. The van der Waals surface area contributed by atoms with Gasteiger partial charge in [0.1, 0.15) is 11.9 Å². The number of aromatic nitrogens is 1. The summed E-state index contributed by atoms with van der Waals surface area (Å²) in [5.41, 5.74) is 0.326. The van der Waals surface area contributed by atoms with E-state index >= 15 is 0 Å². The largest absolute Gasteiger partial charge is 0.461 e. The highest BCUT2D eigenvalue weighted by Gasteiger charge is 2.41. The molecule has 0 spiro atoms. The first-order chi connectivity index (χ1) is 17.3. The van der Waals surface area contributed by atoms with Crippen molar-refractivity contribution in [3.8, 4) is 11.3 Å². The Bertz CT molecular complexity index is 1270. The number of likely N-dealkylation sites (tertiary alicyclic amines) is 1. The molecule has 2 N–H and O–H groups in total. The zero-order chi connectivity index (χ0) is 25.8. The van der Waals surface area contributed by atoms with E-state index in [1.165, 1.54) is 12.1 Å². The van der Waals surface area contributed by atoms with Gasteiger partial charge in [-0.25, -0.2) is 23.4 Å². The number of rotatable bonds is 6. The minimum atomic E-state index is -1.08. The molecule has 0 aliphatic carbocycles. The van der Waals surface area contributed by atoms with Crippen molar-refractivity contribution < 1.29 is 33.0 Å². The van der Waals surface area contributed by atoms with Gasteiger partial charge in [-0.15, -0.1) is 0 Å². The van der Waals surface area contributed by atoms with Gasteiger partial charge in [0.15, 0.2) is 17.8 Å². The number of para-hydroxylation sites is 1. The Morgan fingerprint density at radius 3 is 2.72 bits per heavy atom. The number of amides is 3. The van der Waals surface area contributed by atoms with Gasteiger partial charge in [0.25, 0.3) is 0 Å². The molecule has 3 aromatic rings. The number of carbonyl (C=O) groups is 3. The van der Waals surface area contributed by atoms with Crippen LogP contribution in [0, 0.1) is 5.82 Å². The monoisotopic (exact) mass is 516 g/mol. The number of hydrogen-bond donors (Lipinski definition) is 2. The number of carbonyl (C=O) groups excluding carboxylic acids is 3. The first-order valence-electron chi connectivity index (χ1n) is 11.0. The standard InChI is InChI=1S/C24H22ClFN4O6/c1-2-35-23(33)20-21(36-13-27-20)14-8-9-18(17(26)10-14)28-22(32)19-11-16(31)12-29(19)24(34)30(25)15-6-4-3-5-7-15/h3-10,13,16,19,31H,2,11-12H2,1H3,(H,28,32). The molecule has 1 aromatic heterocycles. The van der Waals surface area contributed by atoms with Gasteiger partial charge in [-0.05, 0) is 37.3 Å². The summed E-state index contributed by atoms with van der Waals surface area (Å²) in [6.45, 7) is 1.66. The lowest BCUT2D eigenvalue weighted by molar-refractivity contribution is -0.119. The summed E-state index contributed by atoms with van der Waals surface area (Å²) in [5.74, 6) is -2.21. The van der Waals surface area contributed by atoms with Gasteiger partial charge in [0.2, 0.25) is 5.91 Å². The fourth-order valence-corrected chi connectivity index (χ4v) is 4.04. The Hall–Kier alpha value is -3.96. The van der Waals surface area contributed by atoms with E-state index in [9.17, 15) is 23.9 Å². The number of urea groups is 1. The number of nitrogens with zero attached hydrogens (tertiary/aromatic N) is 3. The van der Waals surface area contributed by atoms with E-state index in [2.05, 4.69) is 10.3 Å². The van der Waals surface area contributed by atoms with Crippen molar-refractivity contribution >= 4 is 41.1 Å². The van der Waals surface area contributed by atoms with Gasteiger partial charge >= 0.3 is 12.0 Å². The average Bonchev–Trinajstić information content (AvgIpc) is 3.52. The second-order valence-electron chi connectivity index (χ2n) is 7.89. The first-order valence-corrected chi connectivity index (χ1v) is 11.3. The molecule has 2 unspecified atom stereocenters. The highest BCUT2D eigenvalue weighted by atomic mass is 35.5. The Balaban J connectivity index is 1.50. The van der Waals surface area contributed by atoms with Gasteiger partial charge < -0.3 is 24.5 Å². The minimum absolute atomic E-state index is 0.0176. The molecule has 0 radical (unpaired) electrons. The van der Waals surface area contributed by atoms with E-state index < -0.39 is 35.9 Å². The number of esters is 1. The van der Waals surface area contributed by atoms with Gasteiger partial charge in [0, 0.05) is 30.3 Å². The molecular formula is C24H22ClFN4O6. The Labute approximate surface area is 210 Å². The third kappa shape index (κ3) is 5.16. The van der Waals surface area contributed by atoms with Crippen LogP contribution < -0.4 is 9.74 Å². The van der Waals surface area contributed by atoms with Crippen molar-refractivity contribution in [1.29, 1.82) is 0 Å². The average molecular weight is 517 g/mol. The number of aliphatic hydroxyl groups is 1. The van der Waals surface area contributed by atoms with Crippen molar-refractivity contribution in [1.82, 2.24) is 9.88 Å². The quantitative estimate of drug-likeness (QED) is 0.377. The minimum Gasteiger partial charge on any atom is -0.461 e. The summed E-state index contributed by atoms with van der Waals surface area (Å²) in [6.07, 6.45) is 0.0463. The molecule has 1 aliphatic rings. The molecule has 188 valence electrons. The lowest BCUT2D eigenvalue weighted by Gasteiger charge is -2.27. The molecule has 2 aromatic carbocycles. The van der Waals surface area contributed by atoms with Gasteiger partial charge in [-0.3, -0.25) is 4.79 Å². The van der Waals surface area contributed by atoms with Crippen LogP contribution in [0.4, 0.5) is 20.6 Å². The lowest BCUT2D eigenvalue weighted by Crippen LogP contribution is -2.47. The number of anilines is 2. The van der Waals surface area contributed by atoms with Gasteiger partial charge in [0.05, 0.1) is 24.1 Å².